The average Bonchev–Trinajstić information content (AvgIpc) is 3.33. The first-order valence-electron chi connectivity index (χ1n) is 10.5. The first-order chi connectivity index (χ1) is 16.1. The molecule has 0 saturated heterocycles. The van der Waals surface area contributed by atoms with E-state index in [0.717, 1.165) is 16.7 Å². The van der Waals surface area contributed by atoms with Crippen LogP contribution in [0.3, 0.4) is 0 Å². The molecule has 0 spiro atoms. The summed E-state index contributed by atoms with van der Waals surface area (Å²) in [5.74, 6) is -0.350. The number of esters is 1. The van der Waals surface area contributed by atoms with Crippen LogP contribution in [0, 0.1) is 6.92 Å². The second kappa shape index (κ2) is 10.4. The summed E-state index contributed by atoms with van der Waals surface area (Å²) in [6.45, 7) is 1.80. The summed E-state index contributed by atoms with van der Waals surface area (Å²) in [6.07, 6.45) is 0.288. The van der Waals surface area contributed by atoms with Gasteiger partial charge in [-0.15, -0.1) is 0 Å². The molecule has 0 aliphatic carbocycles. The lowest BCUT2D eigenvalue weighted by Gasteiger charge is -2.17. The van der Waals surface area contributed by atoms with Crippen molar-refractivity contribution in [3.05, 3.63) is 108 Å². The summed E-state index contributed by atoms with van der Waals surface area (Å²) in [6, 6.07) is 25.0. The monoisotopic (exact) mass is 441 g/mol. The number of hydrogen-bond acceptors (Lipinski definition) is 6. The Kier molecular flexibility index (Phi) is 6.90. The van der Waals surface area contributed by atoms with E-state index in [9.17, 15) is 9.59 Å². The van der Waals surface area contributed by atoms with Gasteiger partial charge in [-0.3, -0.25) is 4.79 Å². The molecular weight excluding hydrogens is 418 g/mol. The molecule has 0 aliphatic rings. The van der Waals surface area contributed by atoms with Gasteiger partial charge < -0.3 is 14.6 Å². The SMILES string of the molecule is Cc1ccc(-c2noc(COC(=O)C(Cc3ccccc3)NC(=O)c3ccccc3)n2)cc1. The molecule has 0 bridgehead atoms. The summed E-state index contributed by atoms with van der Waals surface area (Å²) >= 11 is 0. The Balaban J connectivity index is 1.43. The van der Waals surface area contributed by atoms with Crippen LogP contribution in [0.15, 0.2) is 89.5 Å². The summed E-state index contributed by atoms with van der Waals surface area (Å²) < 4.78 is 10.6. The highest BCUT2D eigenvalue weighted by molar-refractivity contribution is 5.96. The number of benzene rings is 3. The number of aromatic nitrogens is 2. The number of rotatable bonds is 8. The highest BCUT2D eigenvalue weighted by atomic mass is 16.6. The molecule has 1 heterocycles. The third-order valence-electron chi connectivity index (χ3n) is 5.02. The fourth-order valence-electron chi connectivity index (χ4n) is 3.24. The molecule has 0 fully saturated rings. The fraction of sp³-hybridized carbons (Fsp3) is 0.154. The number of carbonyl (C=O) groups excluding carboxylic acids is 2. The summed E-state index contributed by atoms with van der Waals surface area (Å²) in [7, 11) is 0. The lowest BCUT2D eigenvalue weighted by Crippen LogP contribution is -2.43. The van der Waals surface area contributed by atoms with Crippen molar-refractivity contribution in [1.29, 1.82) is 0 Å². The highest BCUT2D eigenvalue weighted by Gasteiger charge is 2.24. The molecule has 4 aromatic rings. The standard InChI is InChI=1S/C26H23N3O4/c1-18-12-14-20(15-13-18)24-28-23(33-29-24)17-32-26(31)22(16-19-8-4-2-5-9-19)27-25(30)21-10-6-3-7-11-21/h2-15,22H,16-17H2,1H3,(H,27,30). The lowest BCUT2D eigenvalue weighted by atomic mass is 10.1. The maximum Gasteiger partial charge on any atom is 0.329 e. The van der Waals surface area contributed by atoms with Gasteiger partial charge in [-0.05, 0) is 24.6 Å². The number of hydrogen-bond donors (Lipinski definition) is 1. The van der Waals surface area contributed by atoms with Crippen molar-refractivity contribution in [2.24, 2.45) is 0 Å². The molecule has 1 aromatic heterocycles. The van der Waals surface area contributed by atoms with Gasteiger partial charge in [-0.1, -0.05) is 83.5 Å². The van der Waals surface area contributed by atoms with Crippen LogP contribution in [0.1, 0.15) is 27.4 Å². The maximum atomic E-state index is 12.9. The number of amides is 1. The number of carbonyl (C=O) groups is 2. The van der Waals surface area contributed by atoms with Gasteiger partial charge in [0.25, 0.3) is 11.8 Å². The Morgan fingerprint density at radius 2 is 1.61 bits per heavy atom. The van der Waals surface area contributed by atoms with Gasteiger partial charge in [0, 0.05) is 17.5 Å². The van der Waals surface area contributed by atoms with E-state index < -0.39 is 12.0 Å². The number of ether oxygens (including phenoxy) is 1. The smallest absolute Gasteiger partial charge is 0.329 e. The fourth-order valence-corrected chi connectivity index (χ4v) is 3.24. The largest absolute Gasteiger partial charge is 0.454 e. The molecule has 3 aromatic carbocycles. The summed E-state index contributed by atoms with van der Waals surface area (Å²) in [4.78, 5) is 29.8. The quantitative estimate of drug-likeness (QED) is 0.413. The first kappa shape index (κ1) is 22.0. The van der Waals surface area contributed by atoms with Gasteiger partial charge in [0.05, 0.1) is 0 Å². The Bertz CT molecular complexity index is 1210. The minimum absolute atomic E-state index is 0.173. The molecule has 4 rings (SSSR count). The maximum absolute atomic E-state index is 12.9. The Morgan fingerprint density at radius 3 is 2.30 bits per heavy atom. The molecular formula is C26H23N3O4. The second-order valence-electron chi connectivity index (χ2n) is 7.57. The van der Waals surface area contributed by atoms with E-state index in [4.69, 9.17) is 9.26 Å². The van der Waals surface area contributed by atoms with Crippen molar-refractivity contribution in [2.45, 2.75) is 26.0 Å². The zero-order valence-electron chi connectivity index (χ0n) is 18.1. The van der Waals surface area contributed by atoms with Crippen LogP contribution in [-0.2, 0) is 22.6 Å². The van der Waals surface area contributed by atoms with E-state index in [-0.39, 0.29) is 24.8 Å². The van der Waals surface area contributed by atoms with Crippen LogP contribution in [0.4, 0.5) is 0 Å². The zero-order valence-corrected chi connectivity index (χ0v) is 18.1. The highest BCUT2D eigenvalue weighted by Crippen LogP contribution is 2.17. The molecule has 166 valence electrons. The molecule has 7 heteroatoms. The van der Waals surface area contributed by atoms with Crippen molar-refractivity contribution >= 4 is 11.9 Å². The van der Waals surface area contributed by atoms with E-state index >= 15 is 0 Å². The van der Waals surface area contributed by atoms with Gasteiger partial charge >= 0.3 is 5.97 Å². The van der Waals surface area contributed by atoms with Crippen molar-refractivity contribution in [1.82, 2.24) is 15.5 Å². The van der Waals surface area contributed by atoms with Gasteiger partial charge in [0.2, 0.25) is 5.82 Å². The van der Waals surface area contributed by atoms with Gasteiger partial charge in [0.15, 0.2) is 6.61 Å². The lowest BCUT2D eigenvalue weighted by molar-refractivity contribution is -0.148. The molecule has 1 unspecified atom stereocenters. The Labute approximate surface area is 191 Å². The van der Waals surface area contributed by atoms with E-state index in [0.29, 0.717) is 11.4 Å². The molecule has 1 N–H and O–H groups in total. The summed E-state index contributed by atoms with van der Waals surface area (Å²) in [5.41, 5.74) is 3.28. The zero-order chi connectivity index (χ0) is 23.0. The number of nitrogens with one attached hydrogen (secondary N) is 1. The second-order valence-corrected chi connectivity index (χ2v) is 7.57. The Morgan fingerprint density at radius 1 is 0.939 bits per heavy atom. The molecule has 0 saturated carbocycles. The van der Waals surface area contributed by atoms with Crippen molar-refractivity contribution in [3.8, 4) is 11.4 Å². The van der Waals surface area contributed by atoms with Gasteiger partial charge in [-0.25, -0.2) is 4.79 Å². The summed E-state index contributed by atoms with van der Waals surface area (Å²) in [5, 5.41) is 6.72. The molecule has 33 heavy (non-hydrogen) atoms. The van der Waals surface area contributed by atoms with E-state index in [1.165, 1.54) is 0 Å². The molecule has 1 atom stereocenters. The minimum Gasteiger partial charge on any atom is -0.454 e. The number of aryl methyl sites for hydroxylation is 1. The number of nitrogens with zero attached hydrogens (tertiary/aromatic N) is 2. The molecule has 0 aliphatic heterocycles. The average molecular weight is 441 g/mol. The molecule has 7 nitrogen and oxygen atoms in total. The molecule has 0 radical (unpaired) electrons. The Hall–Kier alpha value is -4.26. The van der Waals surface area contributed by atoms with Crippen molar-refractivity contribution in [3.63, 3.8) is 0 Å². The van der Waals surface area contributed by atoms with Gasteiger partial charge in [-0.2, -0.15) is 4.98 Å². The van der Waals surface area contributed by atoms with Crippen LogP contribution in [-0.4, -0.2) is 28.1 Å². The third-order valence-corrected chi connectivity index (χ3v) is 5.02. The first-order valence-corrected chi connectivity index (χ1v) is 10.5. The third kappa shape index (κ3) is 5.92. The van der Waals surface area contributed by atoms with Crippen LogP contribution in [0.2, 0.25) is 0 Å². The predicted octanol–water partition coefficient (Wildman–Crippen LogP) is 4.13. The van der Waals surface area contributed by atoms with Crippen LogP contribution in [0.5, 0.6) is 0 Å². The van der Waals surface area contributed by atoms with Crippen molar-refractivity contribution in [2.75, 3.05) is 0 Å². The van der Waals surface area contributed by atoms with E-state index in [2.05, 4.69) is 15.5 Å². The van der Waals surface area contributed by atoms with Crippen LogP contribution >= 0.6 is 0 Å². The minimum atomic E-state index is -0.875. The van der Waals surface area contributed by atoms with Crippen LogP contribution in [0.25, 0.3) is 11.4 Å². The normalized spacial score (nSPS) is 11.5. The van der Waals surface area contributed by atoms with E-state index in [1.807, 2.05) is 67.6 Å². The van der Waals surface area contributed by atoms with E-state index in [1.54, 1.807) is 24.3 Å². The topological polar surface area (TPSA) is 94.3 Å². The van der Waals surface area contributed by atoms with Gasteiger partial charge in [0.1, 0.15) is 6.04 Å². The van der Waals surface area contributed by atoms with Crippen LogP contribution < -0.4 is 5.32 Å². The van der Waals surface area contributed by atoms with Crippen molar-refractivity contribution < 1.29 is 18.8 Å². The molecule has 1 amide bonds. The predicted molar refractivity (Wildman–Crippen MR) is 122 cm³/mol.